The van der Waals surface area contributed by atoms with Crippen LogP contribution in [0.2, 0.25) is 0 Å². The molecule has 1 aromatic carbocycles. The minimum absolute atomic E-state index is 0.203. The van der Waals surface area contributed by atoms with Crippen molar-refractivity contribution >= 4 is 13.6 Å². The van der Waals surface area contributed by atoms with Crippen LogP contribution in [0.25, 0.3) is 0 Å². The zero-order valence-electron chi connectivity index (χ0n) is 11.4. The van der Waals surface area contributed by atoms with Crippen LogP contribution in [0.5, 0.6) is 5.75 Å². The smallest absolute Gasteiger partial charge is 0.335 e. The van der Waals surface area contributed by atoms with Gasteiger partial charge in [0.2, 0.25) is 0 Å². The van der Waals surface area contributed by atoms with E-state index in [1.54, 1.807) is 38.1 Å². The highest BCUT2D eigenvalue weighted by molar-refractivity contribution is 7.53. The summed E-state index contributed by atoms with van der Waals surface area (Å²) >= 11 is 0. The summed E-state index contributed by atoms with van der Waals surface area (Å²) in [6.07, 6.45) is 0.203. The lowest BCUT2D eigenvalue weighted by Crippen LogP contribution is -2.02. The van der Waals surface area contributed by atoms with Crippen LogP contribution < -0.4 is 4.74 Å². The molecule has 0 heterocycles. The van der Waals surface area contributed by atoms with Gasteiger partial charge in [0, 0.05) is 6.92 Å². The van der Waals surface area contributed by atoms with E-state index in [1.165, 1.54) is 6.92 Å². The summed E-state index contributed by atoms with van der Waals surface area (Å²) in [5, 5.41) is 0. The maximum Gasteiger partial charge on any atom is 0.335 e. The van der Waals surface area contributed by atoms with Crippen molar-refractivity contribution in [2.75, 3.05) is 13.2 Å². The summed E-state index contributed by atoms with van der Waals surface area (Å²) in [7, 11) is -3.09. The van der Waals surface area contributed by atoms with Gasteiger partial charge in [0.05, 0.1) is 19.4 Å². The van der Waals surface area contributed by atoms with Crippen molar-refractivity contribution in [3.63, 3.8) is 0 Å². The molecular formula is C13H19O5P. The lowest BCUT2D eigenvalue weighted by atomic mass is 10.2. The van der Waals surface area contributed by atoms with Gasteiger partial charge in [-0.25, -0.2) is 0 Å². The first-order valence-electron chi connectivity index (χ1n) is 6.14. The number of rotatable bonds is 7. The molecule has 0 aliphatic heterocycles. The molecule has 0 unspecified atom stereocenters. The van der Waals surface area contributed by atoms with Crippen molar-refractivity contribution in [3.8, 4) is 5.75 Å². The molecule has 0 atom stereocenters. The SMILES string of the molecule is CCOP(=O)(Cc1ccc(OC(C)=O)cc1)OCC. The minimum Gasteiger partial charge on any atom is -0.427 e. The molecule has 0 aliphatic rings. The topological polar surface area (TPSA) is 61.8 Å². The van der Waals surface area contributed by atoms with E-state index >= 15 is 0 Å². The Bertz CT molecular complexity index is 445. The van der Waals surface area contributed by atoms with Crippen molar-refractivity contribution in [1.29, 1.82) is 0 Å². The second-order valence-electron chi connectivity index (χ2n) is 3.84. The summed E-state index contributed by atoms with van der Waals surface area (Å²) in [5.74, 6) is 0.0842. The molecule has 1 aromatic rings. The van der Waals surface area contributed by atoms with Gasteiger partial charge in [-0.3, -0.25) is 9.36 Å². The molecule has 1 rings (SSSR count). The Kier molecular flexibility index (Phi) is 6.22. The van der Waals surface area contributed by atoms with E-state index in [0.717, 1.165) is 5.56 Å². The third-order valence-electron chi connectivity index (χ3n) is 2.21. The Morgan fingerprint density at radius 2 is 1.63 bits per heavy atom. The first kappa shape index (κ1) is 15.9. The monoisotopic (exact) mass is 286 g/mol. The van der Waals surface area contributed by atoms with E-state index in [-0.39, 0.29) is 12.1 Å². The van der Waals surface area contributed by atoms with E-state index in [9.17, 15) is 9.36 Å². The van der Waals surface area contributed by atoms with Gasteiger partial charge in [-0.1, -0.05) is 12.1 Å². The van der Waals surface area contributed by atoms with Crippen LogP contribution in [0.1, 0.15) is 26.3 Å². The minimum atomic E-state index is -3.09. The maximum absolute atomic E-state index is 12.3. The van der Waals surface area contributed by atoms with Crippen LogP contribution in [0.15, 0.2) is 24.3 Å². The Labute approximate surface area is 113 Å². The van der Waals surface area contributed by atoms with Gasteiger partial charge in [-0.15, -0.1) is 0 Å². The summed E-state index contributed by atoms with van der Waals surface area (Å²) in [5.41, 5.74) is 0.807. The van der Waals surface area contributed by atoms with Crippen molar-refractivity contribution in [2.24, 2.45) is 0 Å². The van der Waals surface area contributed by atoms with Gasteiger partial charge in [0.15, 0.2) is 0 Å². The number of carbonyl (C=O) groups is 1. The van der Waals surface area contributed by atoms with Crippen LogP contribution in [0.4, 0.5) is 0 Å². The predicted octanol–water partition coefficient (Wildman–Crippen LogP) is 3.38. The molecule has 0 saturated heterocycles. The first-order chi connectivity index (χ1) is 8.99. The third kappa shape index (κ3) is 5.55. The molecule has 6 heteroatoms. The largest absolute Gasteiger partial charge is 0.427 e. The van der Waals surface area contributed by atoms with Crippen molar-refractivity contribution in [1.82, 2.24) is 0 Å². The Balaban J connectivity index is 2.75. The van der Waals surface area contributed by atoms with E-state index in [1.807, 2.05) is 0 Å². The molecule has 0 fully saturated rings. The predicted molar refractivity (Wildman–Crippen MR) is 72.3 cm³/mol. The zero-order chi connectivity index (χ0) is 14.3. The average molecular weight is 286 g/mol. The molecule has 0 spiro atoms. The van der Waals surface area contributed by atoms with Crippen LogP contribution in [0.3, 0.4) is 0 Å². The van der Waals surface area contributed by atoms with Crippen LogP contribution in [0, 0.1) is 0 Å². The second kappa shape index (κ2) is 7.43. The normalized spacial score (nSPS) is 11.3. The summed E-state index contributed by atoms with van der Waals surface area (Å²) in [4.78, 5) is 10.8. The summed E-state index contributed by atoms with van der Waals surface area (Å²) < 4.78 is 27.7. The molecular weight excluding hydrogens is 267 g/mol. The molecule has 5 nitrogen and oxygen atoms in total. The quantitative estimate of drug-likeness (QED) is 0.437. The molecule has 0 aromatic heterocycles. The molecule has 0 saturated carbocycles. The zero-order valence-corrected chi connectivity index (χ0v) is 12.3. The summed E-state index contributed by atoms with van der Waals surface area (Å²) in [6.45, 7) is 5.56. The fourth-order valence-electron chi connectivity index (χ4n) is 1.57. The van der Waals surface area contributed by atoms with Gasteiger partial charge in [0.1, 0.15) is 5.75 Å². The standard InChI is InChI=1S/C13H19O5P/c1-4-16-19(15,17-5-2)10-12-6-8-13(9-7-12)18-11(3)14/h6-9H,4-5,10H2,1-3H3. The highest BCUT2D eigenvalue weighted by Crippen LogP contribution is 2.51. The third-order valence-corrected chi connectivity index (χ3v) is 4.27. The number of benzene rings is 1. The van der Waals surface area contributed by atoms with Crippen LogP contribution in [-0.2, 0) is 24.6 Å². The van der Waals surface area contributed by atoms with E-state index in [2.05, 4.69) is 0 Å². The second-order valence-corrected chi connectivity index (χ2v) is 5.90. The van der Waals surface area contributed by atoms with Gasteiger partial charge >= 0.3 is 13.6 Å². The average Bonchev–Trinajstić information content (AvgIpc) is 2.31. The number of hydrogen-bond donors (Lipinski definition) is 0. The molecule has 0 radical (unpaired) electrons. The number of ether oxygens (including phenoxy) is 1. The lowest BCUT2D eigenvalue weighted by Gasteiger charge is -2.17. The highest BCUT2D eigenvalue weighted by Gasteiger charge is 2.23. The molecule has 0 aliphatic carbocycles. The van der Waals surface area contributed by atoms with Gasteiger partial charge < -0.3 is 13.8 Å². The van der Waals surface area contributed by atoms with Crippen LogP contribution >= 0.6 is 7.60 Å². The van der Waals surface area contributed by atoms with E-state index in [0.29, 0.717) is 19.0 Å². The van der Waals surface area contributed by atoms with Gasteiger partial charge in [0.25, 0.3) is 0 Å². The summed E-state index contributed by atoms with van der Waals surface area (Å²) in [6, 6.07) is 6.78. The molecule has 106 valence electrons. The fraction of sp³-hybridized carbons (Fsp3) is 0.462. The van der Waals surface area contributed by atoms with E-state index < -0.39 is 7.60 Å². The molecule has 0 N–H and O–H groups in total. The lowest BCUT2D eigenvalue weighted by molar-refractivity contribution is -0.131. The molecule has 0 amide bonds. The van der Waals surface area contributed by atoms with E-state index in [4.69, 9.17) is 13.8 Å². The Hall–Kier alpha value is -1.16. The Morgan fingerprint density at radius 1 is 1.11 bits per heavy atom. The molecule has 0 bridgehead atoms. The van der Waals surface area contributed by atoms with Gasteiger partial charge in [-0.2, -0.15) is 0 Å². The van der Waals surface area contributed by atoms with Crippen molar-refractivity contribution in [2.45, 2.75) is 26.9 Å². The van der Waals surface area contributed by atoms with Crippen LogP contribution in [-0.4, -0.2) is 19.2 Å². The van der Waals surface area contributed by atoms with Crippen molar-refractivity contribution < 1.29 is 23.1 Å². The number of hydrogen-bond acceptors (Lipinski definition) is 5. The highest BCUT2D eigenvalue weighted by atomic mass is 31.2. The fourth-order valence-corrected chi connectivity index (χ4v) is 3.28. The first-order valence-corrected chi connectivity index (χ1v) is 7.87. The number of carbonyl (C=O) groups excluding carboxylic acids is 1. The van der Waals surface area contributed by atoms with Gasteiger partial charge in [-0.05, 0) is 31.5 Å². The number of esters is 1. The molecule has 19 heavy (non-hydrogen) atoms. The maximum atomic E-state index is 12.3. The Morgan fingerprint density at radius 3 is 2.05 bits per heavy atom. The van der Waals surface area contributed by atoms with Crippen molar-refractivity contribution in [3.05, 3.63) is 29.8 Å².